The molecule has 4 aromatic rings. The number of amides is 1. The summed E-state index contributed by atoms with van der Waals surface area (Å²) >= 11 is 1.58. The van der Waals surface area contributed by atoms with Crippen LogP contribution >= 0.6 is 11.3 Å². The smallest absolute Gasteiger partial charge is 0.255 e. The van der Waals surface area contributed by atoms with E-state index >= 15 is 0 Å². The van der Waals surface area contributed by atoms with Crippen LogP contribution in [0.4, 0.5) is 4.39 Å². The maximum absolute atomic E-state index is 13.1. The molecule has 0 saturated heterocycles. The quantitative estimate of drug-likeness (QED) is 0.386. The number of H-pyrrole nitrogens is 1. The zero-order chi connectivity index (χ0) is 20.8. The van der Waals surface area contributed by atoms with E-state index in [0.29, 0.717) is 41.5 Å². The Kier molecular flexibility index (Phi) is 6.29. The van der Waals surface area contributed by atoms with E-state index in [2.05, 4.69) is 25.7 Å². The molecule has 0 unspecified atom stereocenters. The molecule has 0 saturated carbocycles. The highest BCUT2D eigenvalue weighted by molar-refractivity contribution is 7.13. The van der Waals surface area contributed by atoms with Gasteiger partial charge >= 0.3 is 0 Å². The molecule has 1 amide bonds. The van der Waals surface area contributed by atoms with Gasteiger partial charge in [-0.25, -0.2) is 4.39 Å². The van der Waals surface area contributed by atoms with Crippen LogP contribution in [0.25, 0.3) is 22.0 Å². The molecule has 0 aliphatic heterocycles. The lowest BCUT2D eigenvalue weighted by molar-refractivity contribution is 0.0953. The van der Waals surface area contributed by atoms with Crippen LogP contribution in [-0.4, -0.2) is 32.8 Å². The Balaban J connectivity index is 1.20. The standard InChI is InChI=1S/C21H20FN5O2S/c22-15-9-7-14(8-10-15)19-16(13-24-26-19)21(28)23-11-3-1-2-6-18-25-20(27-29-18)17-5-4-12-30-17/h4-5,7-10,12-13H,1-3,6,11H2,(H,23,28)(H,24,26). The van der Waals surface area contributed by atoms with Gasteiger partial charge in [0, 0.05) is 18.5 Å². The van der Waals surface area contributed by atoms with Crippen molar-refractivity contribution in [3.8, 4) is 22.0 Å². The largest absolute Gasteiger partial charge is 0.352 e. The average molecular weight is 425 g/mol. The number of carbonyl (C=O) groups excluding carboxylic acids is 1. The monoisotopic (exact) mass is 425 g/mol. The first-order valence-electron chi connectivity index (χ1n) is 9.64. The van der Waals surface area contributed by atoms with Crippen molar-refractivity contribution in [2.45, 2.75) is 25.7 Å². The average Bonchev–Trinajstić information content (AvgIpc) is 3.52. The van der Waals surface area contributed by atoms with Gasteiger partial charge in [0.05, 0.1) is 22.3 Å². The Bertz CT molecular complexity index is 1090. The normalized spacial score (nSPS) is 11.0. The number of aryl methyl sites for hydroxylation is 1. The van der Waals surface area contributed by atoms with E-state index in [1.54, 1.807) is 23.5 Å². The summed E-state index contributed by atoms with van der Waals surface area (Å²) < 4.78 is 18.4. The lowest BCUT2D eigenvalue weighted by atomic mass is 10.1. The first kappa shape index (κ1) is 20.0. The third-order valence-electron chi connectivity index (χ3n) is 4.58. The number of aromatic nitrogens is 4. The van der Waals surface area contributed by atoms with Crippen molar-refractivity contribution >= 4 is 17.2 Å². The zero-order valence-corrected chi connectivity index (χ0v) is 16.9. The van der Waals surface area contributed by atoms with Crippen molar-refractivity contribution < 1.29 is 13.7 Å². The van der Waals surface area contributed by atoms with E-state index in [-0.39, 0.29) is 11.7 Å². The van der Waals surface area contributed by atoms with Crippen LogP contribution in [0.15, 0.2) is 52.5 Å². The molecular formula is C21H20FN5O2S. The highest BCUT2D eigenvalue weighted by Gasteiger charge is 2.15. The van der Waals surface area contributed by atoms with Gasteiger partial charge < -0.3 is 9.84 Å². The predicted octanol–water partition coefficient (Wildman–Crippen LogP) is 4.47. The second-order valence-corrected chi connectivity index (χ2v) is 7.67. The van der Waals surface area contributed by atoms with Gasteiger partial charge in [0.1, 0.15) is 5.82 Å². The molecule has 3 aromatic heterocycles. The van der Waals surface area contributed by atoms with Crippen LogP contribution in [-0.2, 0) is 6.42 Å². The minimum atomic E-state index is -0.326. The number of benzene rings is 1. The summed E-state index contributed by atoms with van der Waals surface area (Å²) in [5, 5.41) is 15.6. The second-order valence-electron chi connectivity index (χ2n) is 6.72. The fourth-order valence-electron chi connectivity index (χ4n) is 3.03. The number of nitrogens with zero attached hydrogens (tertiary/aromatic N) is 3. The van der Waals surface area contributed by atoms with Crippen LogP contribution < -0.4 is 5.32 Å². The Hall–Kier alpha value is -3.33. The number of aromatic amines is 1. The number of hydrogen-bond acceptors (Lipinski definition) is 6. The van der Waals surface area contributed by atoms with E-state index in [1.165, 1.54) is 18.3 Å². The second kappa shape index (κ2) is 9.45. The van der Waals surface area contributed by atoms with Gasteiger partial charge in [0.15, 0.2) is 0 Å². The van der Waals surface area contributed by atoms with Gasteiger partial charge in [-0.3, -0.25) is 9.89 Å². The Morgan fingerprint density at radius 1 is 1.17 bits per heavy atom. The fourth-order valence-corrected chi connectivity index (χ4v) is 3.68. The number of carbonyl (C=O) groups is 1. The number of rotatable bonds is 9. The molecule has 0 aliphatic carbocycles. The molecule has 30 heavy (non-hydrogen) atoms. The number of thiophene rings is 1. The van der Waals surface area contributed by atoms with Crippen LogP contribution in [0, 0.1) is 5.82 Å². The minimum absolute atomic E-state index is 0.208. The lowest BCUT2D eigenvalue weighted by Gasteiger charge is -2.06. The van der Waals surface area contributed by atoms with Crippen molar-refractivity contribution in [2.75, 3.05) is 6.54 Å². The molecule has 9 heteroatoms. The highest BCUT2D eigenvalue weighted by Crippen LogP contribution is 2.22. The van der Waals surface area contributed by atoms with E-state index in [1.807, 2.05) is 17.5 Å². The lowest BCUT2D eigenvalue weighted by Crippen LogP contribution is -2.24. The highest BCUT2D eigenvalue weighted by atomic mass is 32.1. The van der Waals surface area contributed by atoms with E-state index in [0.717, 1.165) is 24.1 Å². The van der Waals surface area contributed by atoms with Crippen LogP contribution in [0.2, 0.25) is 0 Å². The Labute approximate surface area is 176 Å². The molecule has 3 heterocycles. The van der Waals surface area contributed by atoms with Gasteiger partial charge in [0.25, 0.3) is 5.91 Å². The Morgan fingerprint density at radius 3 is 2.83 bits per heavy atom. The van der Waals surface area contributed by atoms with Gasteiger partial charge in [0.2, 0.25) is 11.7 Å². The van der Waals surface area contributed by atoms with Gasteiger partial charge in [-0.2, -0.15) is 10.1 Å². The molecule has 4 rings (SSSR count). The summed E-state index contributed by atoms with van der Waals surface area (Å²) in [5.41, 5.74) is 1.72. The van der Waals surface area contributed by atoms with Crippen LogP contribution in [0.3, 0.4) is 0 Å². The maximum atomic E-state index is 13.1. The molecule has 2 N–H and O–H groups in total. The minimum Gasteiger partial charge on any atom is -0.352 e. The molecular weight excluding hydrogens is 405 g/mol. The summed E-state index contributed by atoms with van der Waals surface area (Å²) in [6, 6.07) is 9.84. The van der Waals surface area contributed by atoms with Crippen molar-refractivity contribution in [3.63, 3.8) is 0 Å². The van der Waals surface area contributed by atoms with Crippen molar-refractivity contribution in [3.05, 3.63) is 65.2 Å². The fraction of sp³-hybridized carbons (Fsp3) is 0.238. The van der Waals surface area contributed by atoms with E-state index in [9.17, 15) is 9.18 Å². The van der Waals surface area contributed by atoms with Crippen molar-refractivity contribution in [2.24, 2.45) is 0 Å². The van der Waals surface area contributed by atoms with Gasteiger partial charge in [-0.05, 0) is 48.6 Å². The number of halogens is 1. The topological polar surface area (TPSA) is 96.7 Å². The molecule has 0 fully saturated rings. The first-order chi connectivity index (χ1) is 14.7. The summed E-state index contributed by atoms with van der Waals surface area (Å²) in [4.78, 5) is 17.9. The molecule has 0 bridgehead atoms. The molecule has 0 atom stereocenters. The number of nitrogens with one attached hydrogen (secondary N) is 2. The molecule has 154 valence electrons. The van der Waals surface area contributed by atoms with Crippen LogP contribution in [0.1, 0.15) is 35.5 Å². The Morgan fingerprint density at radius 2 is 2.03 bits per heavy atom. The molecule has 1 aromatic carbocycles. The zero-order valence-electron chi connectivity index (χ0n) is 16.1. The third kappa shape index (κ3) is 4.80. The van der Waals surface area contributed by atoms with Crippen molar-refractivity contribution in [1.29, 1.82) is 0 Å². The van der Waals surface area contributed by atoms with Gasteiger partial charge in [-0.15, -0.1) is 11.3 Å². The summed E-state index contributed by atoms with van der Waals surface area (Å²) in [5.74, 6) is 0.724. The molecule has 0 aliphatic rings. The van der Waals surface area contributed by atoms with E-state index < -0.39 is 0 Å². The SMILES string of the molecule is O=C(NCCCCCc1nc(-c2cccs2)no1)c1cn[nH]c1-c1ccc(F)cc1. The molecule has 7 nitrogen and oxygen atoms in total. The predicted molar refractivity (Wildman–Crippen MR) is 111 cm³/mol. The summed E-state index contributed by atoms with van der Waals surface area (Å²) in [6.07, 6.45) is 4.85. The molecule has 0 spiro atoms. The van der Waals surface area contributed by atoms with Crippen molar-refractivity contribution in [1.82, 2.24) is 25.7 Å². The van der Waals surface area contributed by atoms with Gasteiger partial charge in [-0.1, -0.05) is 17.6 Å². The van der Waals surface area contributed by atoms with E-state index in [4.69, 9.17) is 4.52 Å². The summed E-state index contributed by atoms with van der Waals surface area (Å²) in [6.45, 7) is 0.553. The molecule has 0 radical (unpaired) electrons. The first-order valence-corrected chi connectivity index (χ1v) is 10.5. The maximum Gasteiger partial charge on any atom is 0.255 e. The summed E-state index contributed by atoms with van der Waals surface area (Å²) in [7, 11) is 0. The van der Waals surface area contributed by atoms with Crippen LogP contribution in [0.5, 0.6) is 0 Å². The number of unbranched alkanes of at least 4 members (excludes halogenated alkanes) is 2. The third-order valence-corrected chi connectivity index (χ3v) is 5.45. The number of hydrogen-bond donors (Lipinski definition) is 2.